The number of carboxylic acids is 2. The summed E-state index contributed by atoms with van der Waals surface area (Å²) in [4.78, 5) is 21.7. The summed E-state index contributed by atoms with van der Waals surface area (Å²) in [6.07, 6.45) is 18.0. The monoisotopic (exact) mass is 434 g/mol. The van der Waals surface area contributed by atoms with Gasteiger partial charge in [-0.25, -0.2) is 8.42 Å². The molecule has 0 saturated heterocycles. The molecule has 7 heteroatoms. The van der Waals surface area contributed by atoms with E-state index in [0.29, 0.717) is 6.42 Å². The van der Waals surface area contributed by atoms with Crippen molar-refractivity contribution in [2.45, 2.75) is 121 Å². The molecule has 29 heavy (non-hydrogen) atoms. The lowest BCUT2D eigenvalue weighted by molar-refractivity contribution is -0.143. The van der Waals surface area contributed by atoms with E-state index in [4.69, 9.17) is 10.2 Å². The van der Waals surface area contributed by atoms with E-state index in [2.05, 4.69) is 6.92 Å². The van der Waals surface area contributed by atoms with Crippen LogP contribution in [0, 0.1) is 0 Å². The maximum atomic E-state index is 12.0. The number of hydrogen-bond donors (Lipinski definition) is 2. The van der Waals surface area contributed by atoms with Crippen molar-refractivity contribution >= 4 is 21.8 Å². The lowest BCUT2D eigenvalue weighted by Gasteiger charge is -2.11. The van der Waals surface area contributed by atoms with Crippen LogP contribution in [0.1, 0.15) is 116 Å². The average molecular weight is 435 g/mol. The van der Waals surface area contributed by atoms with Crippen LogP contribution in [0.4, 0.5) is 0 Å². The third-order valence-corrected chi connectivity index (χ3v) is 7.44. The Hall–Kier alpha value is -1.11. The molecular weight excluding hydrogens is 392 g/mol. The highest BCUT2D eigenvalue weighted by Crippen LogP contribution is 2.15. The average Bonchev–Trinajstić information content (AvgIpc) is 2.65. The molecule has 0 aromatic heterocycles. The fourth-order valence-electron chi connectivity index (χ4n) is 3.52. The molecule has 6 nitrogen and oxygen atoms in total. The minimum Gasteiger partial charge on any atom is -0.481 e. The minimum absolute atomic E-state index is 0.254. The molecule has 2 N–H and O–H groups in total. The fourth-order valence-corrected chi connectivity index (χ4v) is 5.11. The fraction of sp³-hybridized carbons (Fsp3) is 0.909. The highest BCUT2D eigenvalue weighted by molar-refractivity contribution is 7.92. The summed E-state index contributed by atoms with van der Waals surface area (Å²) in [7, 11) is -3.92. The van der Waals surface area contributed by atoms with Crippen LogP contribution < -0.4 is 0 Å². The topological polar surface area (TPSA) is 109 Å². The van der Waals surface area contributed by atoms with Crippen molar-refractivity contribution in [1.29, 1.82) is 0 Å². The van der Waals surface area contributed by atoms with Crippen LogP contribution in [0.3, 0.4) is 0 Å². The van der Waals surface area contributed by atoms with E-state index in [1.54, 1.807) is 0 Å². The van der Waals surface area contributed by atoms with Crippen molar-refractivity contribution in [3.63, 3.8) is 0 Å². The zero-order chi connectivity index (χ0) is 22.0. The molecule has 0 aromatic carbocycles. The summed E-state index contributed by atoms with van der Waals surface area (Å²) < 4.78 is 24.0. The van der Waals surface area contributed by atoms with E-state index in [-0.39, 0.29) is 5.75 Å². The quantitative estimate of drug-likeness (QED) is 0.228. The third-order valence-electron chi connectivity index (χ3n) is 5.35. The summed E-state index contributed by atoms with van der Waals surface area (Å²) in [6.45, 7) is 2.24. The molecule has 0 heterocycles. The van der Waals surface area contributed by atoms with Gasteiger partial charge in [-0.1, -0.05) is 103 Å². The van der Waals surface area contributed by atoms with Gasteiger partial charge in [0.2, 0.25) is 0 Å². The van der Waals surface area contributed by atoms with Gasteiger partial charge in [0.1, 0.15) is 0 Å². The first-order valence-corrected chi connectivity index (χ1v) is 13.2. The first-order valence-electron chi connectivity index (χ1n) is 11.5. The highest BCUT2D eigenvalue weighted by Gasteiger charge is 2.34. The second kappa shape index (κ2) is 17.7. The third kappa shape index (κ3) is 16.4. The van der Waals surface area contributed by atoms with Gasteiger partial charge in [0.15, 0.2) is 15.1 Å². The summed E-state index contributed by atoms with van der Waals surface area (Å²) in [5.74, 6) is -3.24. The van der Waals surface area contributed by atoms with Gasteiger partial charge in [-0.05, 0) is 6.42 Å². The summed E-state index contributed by atoms with van der Waals surface area (Å²) in [6, 6.07) is 0. The first-order chi connectivity index (χ1) is 13.8. The first kappa shape index (κ1) is 27.9. The van der Waals surface area contributed by atoms with Crippen LogP contribution >= 0.6 is 0 Å². The molecule has 0 fully saturated rings. The standard InChI is InChI=1S/C22H42O6S/c1-2-3-4-5-6-7-8-9-10-11-12-13-14-15-16-17-18-29(27,28)20(22(25)26)19-21(23)24/h20H,2-19H2,1H3,(H,23,24)(H,25,26). The van der Waals surface area contributed by atoms with Gasteiger partial charge in [0.25, 0.3) is 0 Å². The molecule has 0 bridgehead atoms. The molecule has 0 aliphatic heterocycles. The SMILES string of the molecule is CCCCCCCCCCCCCCCCCCS(=O)(=O)C(CC(=O)O)C(=O)O. The molecule has 0 spiro atoms. The summed E-state index contributed by atoms with van der Waals surface area (Å²) in [5, 5.41) is 15.8. The van der Waals surface area contributed by atoms with Gasteiger partial charge in [-0.3, -0.25) is 9.59 Å². The maximum absolute atomic E-state index is 12.0. The van der Waals surface area contributed by atoms with Gasteiger partial charge in [0.05, 0.1) is 12.2 Å². The molecule has 1 atom stereocenters. The Morgan fingerprint density at radius 2 is 1.00 bits per heavy atom. The van der Waals surface area contributed by atoms with Gasteiger partial charge in [-0.2, -0.15) is 0 Å². The predicted molar refractivity (Wildman–Crippen MR) is 117 cm³/mol. The number of aliphatic carboxylic acids is 2. The molecule has 0 rings (SSSR count). The molecule has 1 unspecified atom stereocenters. The van der Waals surface area contributed by atoms with Crippen molar-refractivity contribution in [1.82, 2.24) is 0 Å². The molecule has 0 aliphatic carbocycles. The molecular formula is C22H42O6S. The van der Waals surface area contributed by atoms with E-state index < -0.39 is 33.4 Å². The van der Waals surface area contributed by atoms with Crippen molar-refractivity contribution < 1.29 is 28.2 Å². The summed E-state index contributed by atoms with van der Waals surface area (Å²) >= 11 is 0. The number of carboxylic acid groups (broad SMARTS) is 2. The van der Waals surface area contributed by atoms with Gasteiger partial charge < -0.3 is 10.2 Å². The van der Waals surface area contributed by atoms with Gasteiger partial charge in [-0.15, -0.1) is 0 Å². The number of rotatable bonds is 21. The lowest BCUT2D eigenvalue weighted by Crippen LogP contribution is -2.34. The van der Waals surface area contributed by atoms with Crippen molar-refractivity contribution in [3.8, 4) is 0 Å². The van der Waals surface area contributed by atoms with Crippen LogP contribution in [0.25, 0.3) is 0 Å². The number of sulfone groups is 1. The van der Waals surface area contributed by atoms with E-state index in [1.165, 1.54) is 70.6 Å². The van der Waals surface area contributed by atoms with Crippen LogP contribution in [0.5, 0.6) is 0 Å². The zero-order valence-corrected chi connectivity index (χ0v) is 19.1. The Bertz CT molecular complexity index is 529. The van der Waals surface area contributed by atoms with E-state index in [0.717, 1.165) is 25.7 Å². The lowest BCUT2D eigenvalue weighted by atomic mass is 10.0. The smallest absolute Gasteiger partial charge is 0.322 e. The van der Waals surface area contributed by atoms with Crippen molar-refractivity contribution in [2.24, 2.45) is 0 Å². The Labute approximate surface area is 177 Å². The molecule has 0 saturated carbocycles. The molecule has 0 amide bonds. The van der Waals surface area contributed by atoms with Crippen molar-refractivity contribution in [3.05, 3.63) is 0 Å². The number of hydrogen-bond acceptors (Lipinski definition) is 4. The van der Waals surface area contributed by atoms with Crippen LogP contribution in [0.15, 0.2) is 0 Å². The summed E-state index contributed by atoms with van der Waals surface area (Å²) in [5.41, 5.74) is 0. The van der Waals surface area contributed by atoms with E-state index in [9.17, 15) is 18.0 Å². The molecule has 0 aromatic rings. The van der Waals surface area contributed by atoms with Crippen LogP contribution in [-0.4, -0.2) is 41.6 Å². The minimum atomic E-state index is -3.92. The molecule has 0 radical (unpaired) electrons. The Morgan fingerprint density at radius 1 is 0.655 bits per heavy atom. The highest BCUT2D eigenvalue weighted by atomic mass is 32.2. The van der Waals surface area contributed by atoms with Crippen LogP contribution in [0.2, 0.25) is 0 Å². The zero-order valence-electron chi connectivity index (χ0n) is 18.2. The normalized spacial score (nSPS) is 12.7. The molecule has 0 aliphatic rings. The second-order valence-corrected chi connectivity index (χ2v) is 10.4. The Morgan fingerprint density at radius 3 is 1.31 bits per heavy atom. The van der Waals surface area contributed by atoms with Crippen LogP contribution in [-0.2, 0) is 19.4 Å². The Balaban J connectivity index is 3.57. The van der Waals surface area contributed by atoms with Crippen molar-refractivity contribution in [2.75, 3.05) is 5.75 Å². The predicted octanol–water partition coefficient (Wildman–Crippen LogP) is 5.59. The second-order valence-electron chi connectivity index (χ2n) is 8.10. The van der Waals surface area contributed by atoms with Gasteiger partial charge in [0, 0.05) is 0 Å². The number of unbranched alkanes of at least 4 members (excludes halogenated alkanes) is 15. The Kier molecular flexibility index (Phi) is 17.0. The van der Waals surface area contributed by atoms with Gasteiger partial charge >= 0.3 is 11.9 Å². The van der Waals surface area contributed by atoms with E-state index in [1.807, 2.05) is 0 Å². The number of carbonyl (C=O) groups is 2. The largest absolute Gasteiger partial charge is 0.481 e. The maximum Gasteiger partial charge on any atom is 0.322 e. The van der Waals surface area contributed by atoms with E-state index >= 15 is 0 Å². The molecule has 172 valence electrons.